The highest BCUT2D eigenvalue weighted by atomic mass is 16.3. The van der Waals surface area contributed by atoms with Crippen LogP contribution in [0.3, 0.4) is 0 Å². The molecule has 24 heavy (non-hydrogen) atoms. The summed E-state index contributed by atoms with van der Waals surface area (Å²) in [7, 11) is 0. The van der Waals surface area contributed by atoms with Gasteiger partial charge in [0.15, 0.2) is 0 Å². The van der Waals surface area contributed by atoms with Crippen LogP contribution >= 0.6 is 0 Å². The van der Waals surface area contributed by atoms with Crippen molar-refractivity contribution in [3.05, 3.63) is 42.7 Å². The van der Waals surface area contributed by atoms with Crippen LogP contribution in [0.15, 0.2) is 37.2 Å². The van der Waals surface area contributed by atoms with Gasteiger partial charge in [0, 0.05) is 53.1 Å². The fourth-order valence-corrected chi connectivity index (χ4v) is 3.58. The van der Waals surface area contributed by atoms with Crippen LogP contribution in [0.2, 0.25) is 0 Å². The number of nitrogens with one attached hydrogen (secondary N) is 2. The third-order valence-corrected chi connectivity index (χ3v) is 4.89. The first-order valence-electron chi connectivity index (χ1n) is 8.91. The second-order valence-electron chi connectivity index (χ2n) is 6.56. The lowest BCUT2D eigenvalue weighted by molar-refractivity contribution is 0.276. The second kappa shape index (κ2) is 8.27. The molecule has 0 amide bonds. The van der Waals surface area contributed by atoms with Gasteiger partial charge < -0.3 is 15.7 Å². The Bertz CT molecular complexity index is 672. The summed E-state index contributed by atoms with van der Waals surface area (Å²) in [5, 5.41) is 18.5. The van der Waals surface area contributed by atoms with Crippen molar-refractivity contribution >= 4 is 22.5 Å². The van der Waals surface area contributed by atoms with E-state index in [1.165, 1.54) is 36.8 Å². The molecule has 0 bridgehead atoms. The fraction of sp³-hybridized carbons (Fsp3) is 0.450. The Hall–Kier alpha value is -1.91. The minimum Gasteiger partial charge on any atom is -0.396 e. The smallest absolute Gasteiger partial charge is 0.0443 e. The van der Waals surface area contributed by atoms with E-state index in [1.54, 1.807) is 0 Å². The standard InChI is InChI=1S/C20H27N3O/c1-2-15-13-21-14-16-5-3-6-19(20(15)16)23-18-9-7-17(8-10-18)22-11-4-12-24/h2-3,5-6,13-14,17-18,22-24H,1,4,7-12H2/t17-,18+. The molecule has 0 radical (unpaired) electrons. The minimum absolute atomic E-state index is 0.269. The highest BCUT2D eigenvalue weighted by molar-refractivity contribution is 5.99. The lowest BCUT2D eigenvalue weighted by Gasteiger charge is -2.31. The average Bonchev–Trinajstić information content (AvgIpc) is 2.63. The number of aliphatic hydroxyl groups excluding tert-OH is 1. The van der Waals surface area contributed by atoms with Crippen LogP contribution in [0.1, 0.15) is 37.7 Å². The molecule has 1 aliphatic rings. The van der Waals surface area contributed by atoms with Crippen molar-refractivity contribution < 1.29 is 5.11 Å². The van der Waals surface area contributed by atoms with Crippen LogP contribution in [-0.2, 0) is 0 Å². The van der Waals surface area contributed by atoms with Crippen molar-refractivity contribution in [3.8, 4) is 0 Å². The Balaban J connectivity index is 1.65. The van der Waals surface area contributed by atoms with E-state index in [-0.39, 0.29) is 6.61 Å². The number of aromatic nitrogens is 1. The molecule has 4 heteroatoms. The molecule has 128 valence electrons. The number of hydrogen-bond acceptors (Lipinski definition) is 4. The summed E-state index contributed by atoms with van der Waals surface area (Å²) >= 11 is 0. The molecule has 0 saturated heterocycles. The Morgan fingerprint density at radius 2 is 1.96 bits per heavy atom. The zero-order valence-electron chi connectivity index (χ0n) is 14.2. The van der Waals surface area contributed by atoms with Gasteiger partial charge in [-0.1, -0.05) is 24.8 Å². The average molecular weight is 325 g/mol. The summed E-state index contributed by atoms with van der Waals surface area (Å²) in [6.07, 6.45) is 11.2. The van der Waals surface area contributed by atoms with Gasteiger partial charge >= 0.3 is 0 Å². The van der Waals surface area contributed by atoms with Crippen LogP contribution in [0.5, 0.6) is 0 Å². The first-order valence-corrected chi connectivity index (χ1v) is 8.91. The predicted octanol–water partition coefficient (Wildman–Crippen LogP) is 3.57. The maximum atomic E-state index is 8.87. The van der Waals surface area contributed by atoms with Crippen molar-refractivity contribution in [3.63, 3.8) is 0 Å². The molecule has 0 aliphatic heterocycles. The molecular formula is C20H27N3O. The van der Waals surface area contributed by atoms with E-state index in [9.17, 15) is 0 Å². The first-order chi connectivity index (χ1) is 11.8. The van der Waals surface area contributed by atoms with E-state index in [0.717, 1.165) is 23.9 Å². The molecule has 0 spiro atoms. The number of hydrogen-bond donors (Lipinski definition) is 3. The van der Waals surface area contributed by atoms with Gasteiger partial charge in [0.2, 0.25) is 0 Å². The number of aliphatic hydroxyl groups is 1. The molecular weight excluding hydrogens is 298 g/mol. The molecule has 1 aromatic heterocycles. The minimum atomic E-state index is 0.269. The second-order valence-corrected chi connectivity index (χ2v) is 6.56. The van der Waals surface area contributed by atoms with E-state index in [0.29, 0.717) is 12.1 Å². The Morgan fingerprint density at radius 1 is 1.17 bits per heavy atom. The summed E-state index contributed by atoms with van der Waals surface area (Å²) in [5.74, 6) is 0. The van der Waals surface area contributed by atoms with Gasteiger partial charge in [0.05, 0.1) is 0 Å². The molecule has 1 aliphatic carbocycles. The lowest BCUT2D eigenvalue weighted by Crippen LogP contribution is -2.37. The van der Waals surface area contributed by atoms with E-state index in [1.807, 2.05) is 18.5 Å². The summed E-state index contributed by atoms with van der Waals surface area (Å²) in [6, 6.07) is 7.44. The highest BCUT2D eigenvalue weighted by Gasteiger charge is 2.21. The normalized spacial score (nSPS) is 20.9. The van der Waals surface area contributed by atoms with Gasteiger partial charge in [-0.25, -0.2) is 0 Å². The Kier molecular flexibility index (Phi) is 5.83. The van der Waals surface area contributed by atoms with Gasteiger partial charge in [-0.3, -0.25) is 4.98 Å². The maximum Gasteiger partial charge on any atom is 0.0443 e. The zero-order chi connectivity index (χ0) is 16.8. The molecule has 1 fully saturated rings. The predicted molar refractivity (Wildman–Crippen MR) is 101 cm³/mol. The number of nitrogens with zero attached hydrogens (tertiary/aromatic N) is 1. The van der Waals surface area contributed by atoms with E-state index >= 15 is 0 Å². The van der Waals surface area contributed by atoms with Gasteiger partial charge in [-0.15, -0.1) is 0 Å². The van der Waals surface area contributed by atoms with Crippen LogP contribution < -0.4 is 10.6 Å². The van der Waals surface area contributed by atoms with Crippen molar-refractivity contribution in [1.82, 2.24) is 10.3 Å². The van der Waals surface area contributed by atoms with E-state index < -0.39 is 0 Å². The van der Waals surface area contributed by atoms with Crippen LogP contribution in [-0.4, -0.2) is 35.3 Å². The van der Waals surface area contributed by atoms with Crippen molar-refractivity contribution in [2.45, 2.75) is 44.2 Å². The third-order valence-electron chi connectivity index (χ3n) is 4.89. The molecule has 1 saturated carbocycles. The fourth-order valence-electron chi connectivity index (χ4n) is 3.58. The number of pyridine rings is 1. The lowest BCUT2D eigenvalue weighted by atomic mass is 9.90. The largest absolute Gasteiger partial charge is 0.396 e. The maximum absolute atomic E-state index is 8.87. The van der Waals surface area contributed by atoms with E-state index in [4.69, 9.17) is 5.11 Å². The number of anilines is 1. The van der Waals surface area contributed by atoms with Crippen molar-refractivity contribution in [1.29, 1.82) is 0 Å². The molecule has 2 aromatic rings. The SMILES string of the molecule is C=Cc1cncc2cccc(N[C@H]3CC[C@@H](NCCCO)CC3)c12. The molecule has 3 N–H and O–H groups in total. The van der Waals surface area contributed by atoms with Crippen molar-refractivity contribution in [2.24, 2.45) is 0 Å². The van der Waals surface area contributed by atoms with Gasteiger partial charge in [0.1, 0.15) is 0 Å². The topological polar surface area (TPSA) is 57.2 Å². The van der Waals surface area contributed by atoms with Gasteiger partial charge in [0.25, 0.3) is 0 Å². The molecule has 1 heterocycles. The number of rotatable bonds is 7. The Labute approximate surface area is 144 Å². The van der Waals surface area contributed by atoms with Crippen LogP contribution in [0.25, 0.3) is 16.8 Å². The van der Waals surface area contributed by atoms with Crippen LogP contribution in [0.4, 0.5) is 5.69 Å². The highest BCUT2D eigenvalue weighted by Crippen LogP contribution is 2.30. The quantitative estimate of drug-likeness (QED) is 0.681. The molecule has 4 nitrogen and oxygen atoms in total. The first kappa shape index (κ1) is 16.9. The number of benzene rings is 1. The number of fused-ring (bicyclic) bond motifs is 1. The summed E-state index contributed by atoms with van der Waals surface area (Å²) in [4.78, 5) is 4.29. The summed E-state index contributed by atoms with van der Waals surface area (Å²) in [5.41, 5.74) is 2.26. The summed E-state index contributed by atoms with van der Waals surface area (Å²) in [6.45, 7) is 5.10. The zero-order valence-corrected chi connectivity index (χ0v) is 14.2. The molecule has 0 atom stereocenters. The molecule has 3 rings (SSSR count). The third kappa shape index (κ3) is 3.94. The molecule has 0 unspecified atom stereocenters. The molecule has 1 aromatic carbocycles. The van der Waals surface area contributed by atoms with Gasteiger partial charge in [-0.05, 0) is 44.7 Å². The summed E-state index contributed by atoms with van der Waals surface area (Å²) < 4.78 is 0. The Morgan fingerprint density at radius 3 is 2.71 bits per heavy atom. The van der Waals surface area contributed by atoms with E-state index in [2.05, 4.69) is 40.4 Å². The van der Waals surface area contributed by atoms with Crippen LogP contribution in [0, 0.1) is 0 Å². The van der Waals surface area contributed by atoms with Gasteiger partial charge in [-0.2, -0.15) is 0 Å². The monoisotopic (exact) mass is 325 g/mol. The van der Waals surface area contributed by atoms with Crippen molar-refractivity contribution in [2.75, 3.05) is 18.5 Å².